The van der Waals surface area contributed by atoms with Crippen LogP contribution in [-0.4, -0.2) is 18.5 Å². The number of benzene rings is 1. The van der Waals surface area contributed by atoms with E-state index in [2.05, 4.69) is 34.4 Å². The van der Waals surface area contributed by atoms with Gasteiger partial charge in [0.05, 0.1) is 5.56 Å². The SMILES string of the molecule is CCCNc1ccccc1C(=O)NC(C)Cc1ccsc1. The van der Waals surface area contributed by atoms with Crippen LogP contribution in [0.4, 0.5) is 5.69 Å². The molecule has 2 aromatic rings. The minimum Gasteiger partial charge on any atom is -0.384 e. The maximum Gasteiger partial charge on any atom is 0.253 e. The van der Waals surface area contributed by atoms with E-state index in [0.717, 1.165) is 25.1 Å². The highest BCUT2D eigenvalue weighted by atomic mass is 32.1. The van der Waals surface area contributed by atoms with Gasteiger partial charge in [0.15, 0.2) is 0 Å². The molecule has 1 aromatic carbocycles. The third kappa shape index (κ3) is 4.60. The molecular formula is C17H22N2OS. The van der Waals surface area contributed by atoms with Gasteiger partial charge in [0.25, 0.3) is 5.91 Å². The second-order valence-corrected chi connectivity index (χ2v) is 5.96. The van der Waals surface area contributed by atoms with Crippen molar-refractivity contribution < 1.29 is 4.79 Å². The quantitative estimate of drug-likeness (QED) is 0.813. The molecular weight excluding hydrogens is 280 g/mol. The summed E-state index contributed by atoms with van der Waals surface area (Å²) in [4.78, 5) is 12.4. The zero-order chi connectivity index (χ0) is 15.1. The minimum absolute atomic E-state index is 0.0167. The maximum absolute atomic E-state index is 12.4. The molecule has 2 rings (SSSR count). The Hall–Kier alpha value is -1.81. The fourth-order valence-electron chi connectivity index (χ4n) is 2.21. The molecule has 1 amide bonds. The zero-order valence-corrected chi connectivity index (χ0v) is 13.4. The van der Waals surface area contributed by atoms with Crippen molar-refractivity contribution in [1.82, 2.24) is 5.32 Å². The molecule has 0 fully saturated rings. The Morgan fingerprint density at radius 2 is 2.10 bits per heavy atom. The first-order valence-electron chi connectivity index (χ1n) is 7.35. The number of nitrogens with one attached hydrogen (secondary N) is 2. The standard InChI is InChI=1S/C17H22N2OS/c1-3-9-18-16-7-5-4-6-15(16)17(20)19-13(2)11-14-8-10-21-12-14/h4-8,10,12-13,18H,3,9,11H2,1-2H3,(H,19,20). The summed E-state index contributed by atoms with van der Waals surface area (Å²) >= 11 is 1.69. The molecule has 0 bridgehead atoms. The van der Waals surface area contributed by atoms with Gasteiger partial charge in [-0.1, -0.05) is 19.1 Å². The van der Waals surface area contributed by atoms with Crippen LogP contribution in [0.1, 0.15) is 36.2 Å². The topological polar surface area (TPSA) is 41.1 Å². The van der Waals surface area contributed by atoms with E-state index >= 15 is 0 Å². The van der Waals surface area contributed by atoms with Crippen LogP contribution in [0.5, 0.6) is 0 Å². The number of rotatable bonds is 7. The van der Waals surface area contributed by atoms with Crippen LogP contribution in [-0.2, 0) is 6.42 Å². The lowest BCUT2D eigenvalue weighted by atomic mass is 10.1. The molecule has 21 heavy (non-hydrogen) atoms. The minimum atomic E-state index is -0.0167. The largest absolute Gasteiger partial charge is 0.384 e. The number of hydrogen-bond donors (Lipinski definition) is 2. The summed E-state index contributed by atoms with van der Waals surface area (Å²) in [6.07, 6.45) is 1.89. The van der Waals surface area contributed by atoms with Crippen LogP contribution in [0.2, 0.25) is 0 Å². The smallest absolute Gasteiger partial charge is 0.253 e. The van der Waals surface area contributed by atoms with E-state index in [1.165, 1.54) is 5.56 Å². The van der Waals surface area contributed by atoms with Crippen LogP contribution >= 0.6 is 11.3 Å². The van der Waals surface area contributed by atoms with Crippen LogP contribution in [0, 0.1) is 0 Å². The van der Waals surface area contributed by atoms with E-state index in [0.29, 0.717) is 5.56 Å². The normalized spacial score (nSPS) is 11.9. The van der Waals surface area contributed by atoms with Gasteiger partial charge < -0.3 is 10.6 Å². The van der Waals surface area contributed by atoms with Gasteiger partial charge in [-0.25, -0.2) is 0 Å². The van der Waals surface area contributed by atoms with Gasteiger partial charge in [-0.3, -0.25) is 4.79 Å². The number of thiophene rings is 1. The molecule has 0 radical (unpaired) electrons. The molecule has 1 unspecified atom stereocenters. The van der Waals surface area contributed by atoms with Gasteiger partial charge in [-0.05, 0) is 54.3 Å². The molecule has 0 saturated carbocycles. The highest BCUT2D eigenvalue weighted by Gasteiger charge is 2.13. The fraction of sp³-hybridized carbons (Fsp3) is 0.353. The highest BCUT2D eigenvalue weighted by Crippen LogP contribution is 2.15. The van der Waals surface area contributed by atoms with E-state index in [9.17, 15) is 4.79 Å². The monoisotopic (exact) mass is 302 g/mol. The first kappa shape index (κ1) is 15.6. The third-order valence-corrected chi connectivity index (χ3v) is 3.97. The van der Waals surface area contributed by atoms with Crippen molar-refractivity contribution in [3.8, 4) is 0 Å². The van der Waals surface area contributed by atoms with Gasteiger partial charge in [-0.2, -0.15) is 11.3 Å². The molecule has 0 aliphatic carbocycles. The molecule has 3 nitrogen and oxygen atoms in total. The summed E-state index contributed by atoms with van der Waals surface area (Å²) < 4.78 is 0. The molecule has 1 heterocycles. The number of para-hydroxylation sites is 1. The molecule has 112 valence electrons. The first-order valence-corrected chi connectivity index (χ1v) is 8.29. The van der Waals surface area contributed by atoms with Crippen molar-refractivity contribution in [3.05, 3.63) is 52.2 Å². The highest BCUT2D eigenvalue weighted by molar-refractivity contribution is 7.07. The molecule has 1 aromatic heterocycles. The fourth-order valence-corrected chi connectivity index (χ4v) is 2.89. The Balaban J connectivity index is 1.99. The predicted molar refractivity (Wildman–Crippen MR) is 90.2 cm³/mol. The van der Waals surface area contributed by atoms with Crippen LogP contribution < -0.4 is 10.6 Å². The predicted octanol–water partition coefficient (Wildman–Crippen LogP) is 3.93. The van der Waals surface area contributed by atoms with Gasteiger partial charge in [0.1, 0.15) is 0 Å². The van der Waals surface area contributed by atoms with E-state index in [-0.39, 0.29) is 11.9 Å². The number of anilines is 1. The Kier molecular flexibility index (Phi) is 5.81. The van der Waals surface area contributed by atoms with Crippen LogP contribution in [0.25, 0.3) is 0 Å². The summed E-state index contributed by atoms with van der Waals surface area (Å²) in [5.41, 5.74) is 2.88. The molecule has 2 N–H and O–H groups in total. The lowest BCUT2D eigenvalue weighted by Gasteiger charge is -2.16. The molecule has 0 saturated heterocycles. The lowest BCUT2D eigenvalue weighted by Crippen LogP contribution is -2.34. The molecule has 0 aliphatic rings. The Morgan fingerprint density at radius 3 is 2.81 bits per heavy atom. The summed E-state index contributed by atoms with van der Waals surface area (Å²) in [7, 11) is 0. The number of hydrogen-bond acceptors (Lipinski definition) is 3. The van der Waals surface area contributed by atoms with Crippen molar-refractivity contribution in [2.24, 2.45) is 0 Å². The summed E-state index contributed by atoms with van der Waals surface area (Å²) in [6, 6.07) is 9.88. The Bertz CT molecular complexity index is 566. The molecule has 4 heteroatoms. The van der Waals surface area contributed by atoms with Gasteiger partial charge in [0, 0.05) is 18.3 Å². The van der Waals surface area contributed by atoms with Gasteiger partial charge in [0.2, 0.25) is 0 Å². The molecule has 0 aliphatic heterocycles. The van der Waals surface area contributed by atoms with Crippen molar-refractivity contribution in [2.45, 2.75) is 32.7 Å². The Morgan fingerprint density at radius 1 is 1.29 bits per heavy atom. The van der Waals surface area contributed by atoms with Crippen molar-refractivity contribution >= 4 is 22.9 Å². The zero-order valence-electron chi connectivity index (χ0n) is 12.6. The first-order chi connectivity index (χ1) is 10.2. The van der Waals surface area contributed by atoms with Crippen molar-refractivity contribution in [1.29, 1.82) is 0 Å². The maximum atomic E-state index is 12.4. The summed E-state index contributed by atoms with van der Waals surface area (Å²) in [6.45, 7) is 5.02. The lowest BCUT2D eigenvalue weighted by molar-refractivity contribution is 0.0941. The van der Waals surface area contributed by atoms with E-state index < -0.39 is 0 Å². The molecule has 1 atom stereocenters. The Labute approximate surface area is 130 Å². The second-order valence-electron chi connectivity index (χ2n) is 5.18. The van der Waals surface area contributed by atoms with E-state index in [1.807, 2.05) is 31.2 Å². The van der Waals surface area contributed by atoms with Gasteiger partial charge in [-0.15, -0.1) is 0 Å². The molecule has 0 spiro atoms. The third-order valence-electron chi connectivity index (χ3n) is 3.24. The average molecular weight is 302 g/mol. The second kappa shape index (κ2) is 7.84. The average Bonchev–Trinajstić information content (AvgIpc) is 2.98. The summed E-state index contributed by atoms with van der Waals surface area (Å²) in [5.74, 6) is -0.0167. The van der Waals surface area contributed by atoms with Crippen LogP contribution in [0.3, 0.4) is 0 Å². The number of carbonyl (C=O) groups is 1. The summed E-state index contributed by atoms with van der Waals surface area (Å²) in [5, 5.41) is 10.6. The van der Waals surface area contributed by atoms with Crippen LogP contribution in [0.15, 0.2) is 41.1 Å². The number of carbonyl (C=O) groups excluding carboxylic acids is 1. The van der Waals surface area contributed by atoms with E-state index in [1.54, 1.807) is 11.3 Å². The van der Waals surface area contributed by atoms with E-state index in [4.69, 9.17) is 0 Å². The number of amides is 1. The van der Waals surface area contributed by atoms with Crippen molar-refractivity contribution in [3.63, 3.8) is 0 Å². The van der Waals surface area contributed by atoms with Crippen molar-refractivity contribution in [2.75, 3.05) is 11.9 Å². The van der Waals surface area contributed by atoms with Gasteiger partial charge >= 0.3 is 0 Å².